The van der Waals surface area contributed by atoms with E-state index in [2.05, 4.69) is 16.2 Å². The highest BCUT2D eigenvalue weighted by molar-refractivity contribution is 5.98. The van der Waals surface area contributed by atoms with Gasteiger partial charge in [0, 0.05) is 17.2 Å². The van der Waals surface area contributed by atoms with E-state index in [1.165, 1.54) is 12.0 Å². The summed E-state index contributed by atoms with van der Waals surface area (Å²) in [6.07, 6.45) is 5.54. The number of aryl methyl sites for hydroxylation is 1. The van der Waals surface area contributed by atoms with E-state index in [1.54, 1.807) is 0 Å². The number of amides is 1. The molecule has 1 aliphatic rings. The maximum absolute atomic E-state index is 13.6. The van der Waals surface area contributed by atoms with Crippen molar-refractivity contribution in [3.8, 4) is 11.4 Å². The molecule has 5 rings (SSSR count). The minimum atomic E-state index is 0.0257. The molecule has 0 bridgehead atoms. The van der Waals surface area contributed by atoms with Crippen molar-refractivity contribution in [3.05, 3.63) is 83.7 Å². The highest BCUT2D eigenvalue weighted by atomic mass is 16.5. The minimum Gasteiger partial charge on any atom is -0.337 e. The van der Waals surface area contributed by atoms with E-state index >= 15 is 0 Å². The molecule has 0 unspecified atom stereocenters. The lowest BCUT2D eigenvalue weighted by Crippen LogP contribution is -2.41. The lowest BCUT2D eigenvalue weighted by molar-refractivity contribution is 0.0586. The lowest BCUT2D eigenvalue weighted by atomic mass is 9.93. The van der Waals surface area contributed by atoms with Crippen molar-refractivity contribution >= 4 is 16.7 Å². The van der Waals surface area contributed by atoms with Gasteiger partial charge in [-0.15, -0.1) is 0 Å². The summed E-state index contributed by atoms with van der Waals surface area (Å²) in [5.74, 6) is 1.06. The van der Waals surface area contributed by atoms with Gasteiger partial charge in [0.25, 0.3) is 5.91 Å². The molecule has 3 aromatic carbocycles. The molecular formula is C27H27N3O2. The van der Waals surface area contributed by atoms with Gasteiger partial charge in [0.15, 0.2) is 0 Å². The van der Waals surface area contributed by atoms with Crippen molar-refractivity contribution in [3.63, 3.8) is 0 Å². The standard InChI is InChI=1S/C27H27N3O2/c1-19-11-13-21(14-12-19)26-28-25(32-29-26)18-30(24-9-3-2-4-10-24)27(31)23-16-15-20-7-5-6-8-22(20)17-23/h5-8,11-17,24H,2-4,9-10,18H2,1H3. The Bertz CT molecular complexity index is 1220. The SMILES string of the molecule is Cc1ccc(-c2noc(CN(C(=O)c3ccc4ccccc4c3)C3CCCCC3)n2)cc1. The molecule has 1 aliphatic carbocycles. The van der Waals surface area contributed by atoms with Crippen LogP contribution in [0.25, 0.3) is 22.2 Å². The van der Waals surface area contributed by atoms with Gasteiger partial charge in [0.1, 0.15) is 6.54 Å². The van der Waals surface area contributed by atoms with Crippen molar-refractivity contribution in [2.45, 2.75) is 51.6 Å². The Labute approximate surface area is 188 Å². The Balaban J connectivity index is 1.43. The second-order valence-electron chi connectivity index (χ2n) is 8.66. The fourth-order valence-electron chi connectivity index (χ4n) is 4.53. The van der Waals surface area contributed by atoms with Gasteiger partial charge in [0.2, 0.25) is 11.7 Å². The number of hydrogen-bond acceptors (Lipinski definition) is 4. The van der Waals surface area contributed by atoms with Crippen LogP contribution >= 0.6 is 0 Å². The number of hydrogen-bond donors (Lipinski definition) is 0. The first-order valence-electron chi connectivity index (χ1n) is 11.4. The average molecular weight is 426 g/mol. The molecular weight excluding hydrogens is 398 g/mol. The number of carbonyl (C=O) groups is 1. The molecule has 0 saturated heterocycles. The summed E-state index contributed by atoms with van der Waals surface area (Å²) in [4.78, 5) is 20.2. The average Bonchev–Trinajstić information content (AvgIpc) is 3.31. The molecule has 32 heavy (non-hydrogen) atoms. The van der Waals surface area contributed by atoms with Gasteiger partial charge in [0.05, 0.1) is 0 Å². The molecule has 162 valence electrons. The highest BCUT2D eigenvalue weighted by Crippen LogP contribution is 2.27. The summed E-state index contributed by atoms with van der Waals surface area (Å²) in [6.45, 7) is 2.38. The number of carbonyl (C=O) groups excluding carboxylic acids is 1. The molecule has 0 aliphatic heterocycles. The summed E-state index contributed by atoms with van der Waals surface area (Å²) >= 11 is 0. The van der Waals surface area contributed by atoms with E-state index < -0.39 is 0 Å². The van der Waals surface area contributed by atoms with E-state index in [9.17, 15) is 4.79 Å². The second-order valence-corrected chi connectivity index (χ2v) is 8.66. The first kappa shape index (κ1) is 20.4. The molecule has 0 N–H and O–H groups in total. The van der Waals surface area contributed by atoms with Gasteiger partial charge in [-0.1, -0.05) is 84.6 Å². The molecule has 1 saturated carbocycles. The highest BCUT2D eigenvalue weighted by Gasteiger charge is 2.28. The maximum atomic E-state index is 13.6. The van der Waals surface area contributed by atoms with Crippen LogP contribution in [0.1, 0.15) is 53.9 Å². The zero-order chi connectivity index (χ0) is 21.9. The van der Waals surface area contributed by atoms with Gasteiger partial charge in [-0.05, 0) is 42.7 Å². The van der Waals surface area contributed by atoms with Crippen molar-refractivity contribution < 1.29 is 9.32 Å². The van der Waals surface area contributed by atoms with Crippen molar-refractivity contribution in [2.75, 3.05) is 0 Å². The molecule has 0 spiro atoms. The van der Waals surface area contributed by atoms with Gasteiger partial charge in [-0.3, -0.25) is 4.79 Å². The number of nitrogens with zero attached hydrogens (tertiary/aromatic N) is 3. The third-order valence-corrected chi connectivity index (χ3v) is 6.36. The van der Waals surface area contributed by atoms with Crippen LogP contribution < -0.4 is 0 Å². The van der Waals surface area contributed by atoms with E-state index in [1.807, 2.05) is 72.5 Å². The summed E-state index contributed by atoms with van der Waals surface area (Å²) in [7, 11) is 0. The van der Waals surface area contributed by atoms with Crippen molar-refractivity contribution in [1.29, 1.82) is 0 Å². The third-order valence-electron chi connectivity index (χ3n) is 6.36. The monoisotopic (exact) mass is 425 g/mol. The first-order valence-corrected chi connectivity index (χ1v) is 11.4. The summed E-state index contributed by atoms with van der Waals surface area (Å²) < 4.78 is 5.57. The molecule has 0 atom stereocenters. The van der Waals surface area contributed by atoms with Crippen LogP contribution in [0.4, 0.5) is 0 Å². The summed E-state index contributed by atoms with van der Waals surface area (Å²) in [6, 6.07) is 22.3. The molecule has 1 amide bonds. The lowest BCUT2D eigenvalue weighted by Gasteiger charge is -2.33. The Morgan fingerprint density at radius 3 is 2.50 bits per heavy atom. The minimum absolute atomic E-state index is 0.0257. The quantitative estimate of drug-likeness (QED) is 0.383. The zero-order valence-electron chi connectivity index (χ0n) is 18.3. The molecule has 4 aromatic rings. The Morgan fingerprint density at radius 2 is 1.72 bits per heavy atom. The molecule has 1 heterocycles. The van der Waals surface area contributed by atoms with E-state index in [-0.39, 0.29) is 11.9 Å². The van der Waals surface area contributed by atoms with Gasteiger partial charge in [-0.25, -0.2) is 0 Å². The number of fused-ring (bicyclic) bond motifs is 1. The maximum Gasteiger partial charge on any atom is 0.254 e. The molecule has 5 nitrogen and oxygen atoms in total. The topological polar surface area (TPSA) is 59.2 Å². The van der Waals surface area contributed by atoms with Gasteiger partial charge in [-0.2, -0.15) is 4.98 Å². The normalized spacial score (nSPS) is 14.5. The zero-order valence-corrected chi connectivity index (χ0v) is 18.3. The van der Waals surface area contributed by atoms with Crippen molar-refractivity contribution in [2.24, 2.45) is 0 Å². The first-order chi connectivity index (χ1) is 15.7. The smallest absolute Gasteiger partial charge is 0.254 e. The number of benzene rings is 3. The Hall–Kier alpha value is -3.47. The number of aromatic nitrogens is 2. The van der Waals surface area contributed by atoms with Crippen LogP contribution in [0.5, 0.6) is 0 Å². The van der Waals surface area contributed by atoms with Crippen LogP contribution in [-0.4, -0.2) is 27.0 Å². The van der Waals surface area contributed by atoms with Crippen LogP contribution in [0.3, 0.4) is 0 Å². The van der Waals surface area contributed by atoms with E-state index in [0.717, 1.165) is 42.0 Å². The third kappa shape index (κ3) is 4.28. The molecule has 5 heteroatoms. The van der Waals surface area contributed by atoms with Crippen molar-refractivity contribution in [1.82, 2.24) is 15.0 Å². The molecule has 1 fully saturated rings. The van der Waals surface area contributed by atoms with Crippen LogP contribution in [0.15, 0.2) is 71.3 Å². The van der Waals surface area contributed by atoms with E-state index in [4.69, 9.17) is 4.52 Å². The Kier molecular flexibility index (Phi) is 5.71. The largest absolute Gasteiger partial charge is 0.337 e. The van der Waals surface area contributed by atoms with Crippen LogP contribution in [0.2, 0.25) is 0 Å². The van der Waals surface area contributed by atoms with E-state index in [0.29, 0.717) is 23.8 Å². The van der Waals surface area contributed by atoms with Gasteiger partial charge >= 0.3 is 0 Å². The van der Waals surface area contributed by atoms with Gasteiger partial charge < -0.3 is 9.42 Å². The van der Waals surface area contributed by atoms with Crippen LogP contribution in [0, 0.1) is 6.92 Å². The fraction of sp³-hybridized carbons (Fsp3) is 0.296. The number of rotatable bonds is 5. The fourth-order valence-corrected chi connectivity index (χ4v) is 4.53. The predicted molar refractivity (Wildman–Crippen MR) is 125 cm³/mol. The Morgan fingerprint density at radius 1 is 0.969 bits per heavy atom. The van der Waals surface area contributed by atoms with Crippen LogP contribution in [-0.2, 0) is 6.54 Å². The molecule has 1 aromatic heterocycles. The summed E-state index contributed by atoms with van der Waals surface area (Å²) in [5.41, 5.74) is 2.80. The second kappa shape index (κ2) is 8.95. The summed E-state index contributed by atoms with van der Waals surface area (Å²) in [5, 5.41) is 6.37. The molecule has 0 radical (unpaired) electrons. The predicted octanol–water partition coefficient (Wildman–Crippen LogP) is 6.17.